The van der Waals surface area contributed by atoms with Gasteiger partial charge in [-0.3, -0.25) is 0 Å². The molecule has 1 heterocycles. The maximum Gasteiger partial charge on any atom is 0.124 e. The van der Waals surface area contributed by atoms with Gasteiger partial charge in [-0.05, 0) is 23.6 Å². The van der Waals surface area contributed by atoms with E-state index in [0.717, 1.165) is 31.7 Å². The van der Waals surface area contributed by atoms with Crippen LogP contribution in [0.3, 0.4) is 0 Å². The van der Waals surface area contributed by atoms with Gasteiger partial charge in [-0.2, -0.15) is 0 Å². The summed E-state index contributed by atoms with van der Waals surface area (Å²) < 4.78 is 5.71. The van der Waals surface area contributed by atoms with Crippen LogP contribution in [0, 0.1) is 0 Å². The highest BCUT2D eigenvalue weighted by Gasteiger charge is 2.20. The van der Waals surface area contributed by atoms with E-state index < -0.39 is 0 Å². The maximum atomic E-state index is 5.71. The summed E-state index contributed by atoms with van der Waals surface area (Å²) in [6, 6.07) is 17.4. The van der Waals surface area contributed by atoms with E-state index in [1.807, 2.05) is 6.07 Å². The van der Waals surface area contributed by atoms with Crippen molar-refractivity contribution in [2.75, 3.05) is 6.61 Å². The molecular formula is C18H21NO. The highest BCUT2D eigenvalue weighted by atomic mass is 16.5. The fraction of sp³-hybridized carbons (Fsp3) is 0.333. The SMILES string of the molecule is CCc1ccccc1CNC1CCOc2ccccc21. The van der Waals surface area contributed by atoms with E-state index in [2.05, 4.69) is 54.7 Å². The van der Waals surface area contributed by atoms with Crippen molar-refractivity contribution in [1.29, 1.82) is 0 Å². The van der Waals surface area contributed by atoms with Crippen LogP contribution in [-0.2, 0) is 13.0 Å². The molecule has 0 bridgehead atoms. The molecule has 1 aliphatic rings. The molecule has 0 fully saturated rings. The largest absolute Gasteiger partial charge is 0.493 e. The third kappa shape index (κ3) is 2.70. The summed E-state index contributed by atoms with van der Waals surface area (Å²) in [4.78, 5) is 0. The summed E-state index contributed by atoms with van der Waals surface area (Å²) in [6.07, 6.45) is 2.12. The standard InChI is InChI=1S/C18H21NO/c1-2-14-7-3-4-8-15(14)13-19-17-11-12-20-18-10-6-5-9-16(17)18/h3-10,17,19H,2,11-13H2,1H3. The first-order chi connectivity index (χ1) is 9.88. The molecule has 2 aromatic rings. The average molecular weight is 267 g/mol. The number of aryl methyl sites for hydroxylation is 1. The van der Waals surface area contributed by atoms with Gasteiger partial charge >= 0.3 is 0 Å². The number of ether oxygens (including phenoxy) is 1. The first kappa shape index (κ1) is 13.2. The second-order valence-corrected chi connectivity index (χ2v) is 5.23. The zero-order chi connectivity index (χ0) is 13.8. The predicted molar refractivity (Wildman–Crippen MR) is 82.0 cm³/mol. The van der Waals surface area contributed by atoms with E-state index in [9.17, 15) is 0 Å². The molecule has 0 aromatic heterocycles. The summed E-state index contributed by atoms with van der Waals surface area (Å²) in [5, 5.41) is 3.69. The number of benzene rings is 2. The lowest BCUT2D eigenvalue weighted by molar-refractivity contribution is 0.252. The number of hydrogen-bond acceptors (Lipinski definition) is 2. The molecule has 0 saturated carbocycles. The topological polar surface area (TPSA) is 21.3 Å². The number of rotatable bonds is 4. The summed E-state index contributed by atoms with van der Waals surface area (Å²) in [5.74, 6) is 1.03. The molecule has 104 valence electrons. The zero-order valence-electron chi connectivity index (χ0n) is 11.9. The predicted octanol–water partition coefficient (Wildman–Crippen LogP) is 3.86. The zero-order valence-corrected chi connectivity index (χ0v) is 11.9. The molecule has 0 aliphatic carbocycles. The van der Waals surface area contributed by atoms with Crippen LogP contribution in [0.4, 0.5) is 0 Å². The Hall–Kier alpha value is -1.80. The van der Waals surface area contributed by atoms with Crippen molar-refractivity contribution in [1.82, 2.24) is 5.32 Å². The molecule has 1 atom stereocenters. The van der Waals surface area contributed by atoms with Gasteiger partial charge in [-0.15, -0.1) is 0 Å². The second kappa shape index (κ2) is 6.10. The van der Waals surface area contributed by atoms with Gasteiger partial charge in [-0.25, -0.2) is 0 Å². The third-order valence-electron chi connectivity index (χ3n) is 4.00. The first-order valence-corrected chi connectivity index (χ1v) is 7.40. The molecule has 0 radical (unpaired) electrons. The molecule has 0 saturated heterocycles. The van der Waals surface area contributed by atoms with Crippen LogP contribution < -0.4 is 10.1 Å². The minimum Gasteiger partial charge on any atom is -0.493 e. The van der Waals surface area contributed by atoms with E-state index in [1.54, 1.807) is 0 Å². The van der Waals surface area contributed by atoms with Crippen LogP contribution in [0.15, 0.2) is 48.5 Å². The van der Waals surface area contributed by atoms with Gasteiger partial charge in [0.1, 0.15) is 5.75 Å². The van der Waals surface area contributed by atoms with E-state index in [4.69, 9.17) is 4.74 Å². The van der Waals surface area contributed by atoms with Crippen LogP contribution in [0.1, 0.15) is 36.1 Å². The van der Waals surface area contributed by atoms with E-state index >= 15 is 0 Å². The van der Waals surface area contributed by atoms with Crippen molar-refractivity contribution in [2.24, 2.45) is 0 Å². The Morgan fingerprint density at radius 2 is 1.80 bits per heavy atom. The average Bonchev–Trinajstić information content (AvgIpc) is 2.53. The number of hydrogen-bond donors (Lipinski definition) is 1. The molecule has 1 aliphatic heterocycles. The van der Waals surface area contributed by atoms with Crippen LogP contribution in [0.5, 0.6) is 5.75 Å². The molecule has 0 spiro atoms. The van der Waals surface area contributed by atoms with Gasteiger partial charge in [0.05, 0.1) is 6.61 Å². The Balaban J connectivity index is 1.73. The van der Waals surface area contributed by atoms with Crippen LogP contribution >= 0.6 is 0 Å². The van der Waals surface area contributed by atoms with Gasteiger partial charge in [0, 0.05) is 24.6 Å². The Labute approximate surface area is 120 Å². The lowest BCUT2D eigenvalue weighted by atomic mass is 9.99. The van der Waals surface area contributed by atoms with Gasteiger partial charge in [-0.1, -0.05) is 49.4 Å². The molecule has 2 aromatic carbocycles. The van der Waals surface area contributed by atoms with Gasteiger partial charge in [0.25, 0.3) is 0 Å². The molecule has 20 heavy (non-hydrogen) atoms. The first-order valence-electron chi connectivity index (χ1n) is 7.40. The monoisotopic (exact) mass is 267 g/mol. The van der Waals surface area contributed by atoms with Crippen molar-refractivity contribution in [3.8, 4) is 5.75 Å². The lowest BCUT2D eigenvalue weighted by Gasteiger charge is -2.27. The molecule has 1 N–H and O–H groups in total. The molecule has 2 heteroatoms. The van der Waals surface area contributed by atoms with E-state index in [0.29, 0.717) is 6.04 Å². The van der Waals surface area contributed by atoms with Gasteiger partial charge in [0.15, 0.2) is 0 Å². The molecule has 1 unspecified atom stereocenters. The van der Waals surface area contributed by atoms with Gasteiger partial charge in [0.2, 0.25) is 0 Å². The number of para-hydroxylation sites is 1. The summed E-state index contributed by atoms with van der Waals surface area (Å²) in [6.45, 7) is 3.93. The Morgan fingerprint density at radius 3 is 2.65 bits per heavy atom. The van der Waals surface area contributed by atoms with E-state index in [1.165, 1.54) is 16.7 Å². The quantitative estimate of drug-likeness (QED) is 0.908. The van der Waals surface area contributed by atoms with Crippen LogP contribution in [0.25, 0.3) is 0 Å². The minimum absolute atomic E-state index is 0.393. The van der Waals surface area contributed by atoms with Crippen molar-refractivity contribution in [3.63, 3.8) is 0 Å². The van der Waals surface area contributed by atoms with Crippen molar-refractivity contribution in [2.45, 2.75) is 32.4 Å². The maximum absolute atomic E-state index is 5.71. The van der Waals surface area contributed by atoms with Crippen molar-refractivity contribution in [3.05, 3.63) is 65.2 Å². The summed E-state index contributed by atoms with van der Waals surface area (Å²) in [5.41, 5.74) is 4.12. The lowest BCUT2D eigenvalue weighted by Crippen LogP contribution is -2.27. The third-order valence-corrected chi connectivity index (χ3v) is 4.00. The number of nitrogens with one attached hydrogen (secondary N) is 1. The molecule has 0 amide bonds. The van der Waals surface area contributed by atoms with Crippen LogP contribution in [-0.4, -0.2) is 6.61 Å². The fourth-order valence-corrected chi connectivity index (χ4v) is 2.86. The van der Waals surface area contributed by atoms with Crippen molar-refractivity contribution >= 4 is 0 Å². The number of fused-ring (bicyclic) bond motifs is 1. The highest BCUT2D eigenvalue weighted by Crippen LogP contribution is 2.31. The molecule has 3 rings (SSSR count). The molecule has 2 nitrogen and oxygen atoms in total. The second-order valence-electron chi connectivity index (χ2n) is 5.23. The Kier molecular flexibility index (Phi) is 4.03. The Morgan fingerprint density at radius 1 is 1.05 bits per heavy atom. The summed E-state index contributed by atoms with van der Waals surface area (Å²) in [7, 11) is 0. The van der Waals surface area contributed by atoms with Crippen LogP contribution in [0.2, 0.25) is 0 Å². The fourth-order valence-electron chi connectivity index (χ4n) is 2.86. The van der Waals surface area contributed by atoms with Crippen molar-refractivity contribution < 1.29 is 4.74 Å². The minimum atomic E-state index is 0.393. The van der Waals surface area contributed by atoms with Gasteiger partial charge < -0.3 is 10.1 Å². The highest BCUT2D eigenvalue weighted by molar-refractivity contribution is 5.37. The molecular weight excluding hydrogens is 246 g/mol. The smallest absolute Gasteiger partial charge is 0.124 e. The normalized spacial score (nSPS) is 17.4. The Bertz CT molecular complexity index is 579. The summed E-state index contributed by atoms with van der Waals surface area (Å²) >= 11 is 0. The van der Waals surface area contributed by atoms with E-state index in [-0.39, 0.29) is 0 Å².